The fourth-order valence-electron chi connectivity index (χ4n) is 1.52. The summed E-state index contributed by atoms with van der Waals surface area (Å²) in [5, 5.41) is 3.12. The molecule has 0 spiro atoms. The molecular formula is C15H10ClF2NO. The molecule has 0 heterocycles. The molecule has 2 aromatic carbocycles. The van der Waals surface area contributed by atoms with Gasteiger partial charge in [-0.05, 0) is 36.4 Å². The van der Waals surface area contributed by atoms with Crippen molar-refractivity contribution in [2.45, 2.75) is 0 Å². The van der Waals surface area contributed by atoms with E-state index in [2.05, 4.69) is 5.32 Å². The van der Waals surface area contributed by atoms with Gasteiger partial charge in [0.25, 0.3) is 0 Å². The number of halogens is 3. The number of nitrogens with one attached hydrogen (secondary N) is 1. The Morgan fingerprint density at radius 1 is 1.10 bits per heavy atom. The highest BCUT2D eigenvalue weighted by atomic mass is 35.5. The highest BCUT2D eigenvalue weighted by Gasteiger charge is 2.03. The normalized spacial score (nSPS) is 10.8. The van der Waals surface area contributed by atoms with Crippen LogP contribution in [0.4, 0.5) is 14.5 Å². The monoisotopic (exact) mass is 293 g/mol. The smallest absolute Gasteiger partial charge is 0.187 e. The fraction of sp³-hybridized carbons (Fsp3) is 0. The van der Waals surface area contributed by atoms with Gasteiger partial charge < -0.3 is 5.32 Å². The van der Waals surface area contributed by atoms with Crippen LogP contribution in [0.3, 0.4) is 0 Å². The van der Waals surface area contributed by atoms with Crippen molar-refractivity contribution in [2.75, 3.05) is 5.32 Å². The van der Waals surface area contributed by atoms with Crippen molar-refractivity contribution in [2.24, 2.45) is 0 Å². The van der Waals surface area contributed by atoms with Crippen LogP contribution < -0.4 is 5.32 Å². The Hall–Kier alpha value is -2.20. The largest absolute Gasteiger partial charge is 0.359 e. The van der Waals surface area contributed by atoms with Crippen LogP contribution in [-0.2, 0) is 0 Å². The number of allylic oxidation sites excluding steroid dienone is 1. The molecule has 0 bridgehead atoms. The molecule has 0 radical (unpaired) electrons. The lowest BCUT2D eigenvalue weighted by Gasteiger charge is -2.02. The topological polar surface area (TPSA) is 29.1 Å². The van der Waals surface area contributed by atoms with Gasteiger partial charge in [0, 0.05) is 28.9 Å². The van der Waals surface area contributed by atoms with Gasteiger partial charge in [0.1, 0.15) is 11.6 Å². The molecule has 0 amide bonds. The summed E-state index contributed by atoms with van der Waals surface area (Å²) in [5.41, 5.74) is 0.554. The maximum atomic E-state index is 13.3. The molecule has 2 rings (SSSR count). The molecule has 0 aromatic heterocycles. The van der Waals surface area contributed by atoms with Crippen molar-refractivity contribution in [3.8, 4) is 0 Å². The molecule has 0 aliphatic rings. The molecule has 2 nitrogen and oxygen atoms in total. The van der Waals surface area contributed by atoms with Crippen molar-refractivity contribution in [3.63, 3.8) is 0 Å². The first kappa shape index (κ1) is 14.2. The fourth-order valence-corrected chi connectivity index (χ4v) is 1.65. The van der Waals surface area contributed by atoms with Crippen LogP contribution in [0.1, 0.15) is 10.4 Å². The number of carbonyl (C=O) groups excluding carboxylic acids is 1. The van der Waals surface area contributed by atoms with E-state index in [4.69, 9.17) is 11.6 Å². The molecule has 0 saturated heterocycles. The van der Waals surface area contributed by atoms with E-state index in [1.54, 1.807) is 24.3 Å². The Kier molecular flexibility index (Phi) is 4.48. The predicted molar refractivity (Wildman–Crippen MR) is 74.9 cm³/mol. The molecule has 0 saturated carbocycles. The molecule has 0 aliphatic heterocycles. The van der Waals surface area contributed by atoms with Crippen LogP contribution in [0.15, 0.2) is 54.7 Å². The van der Waals surface area contributed by atoms with Crippen LogP contribution in [-0.4, -0.2) is 5.78 Å². The third-order valence-electron chi connectivity index (χ3n) is 2.53. The summed E-state index contributed by atoms with van der Waals surface area (Å²) in [7, 11) is 0. The standard InChI is InChI=1S/C15H10ClF2NO/c16-11-3-1-10(2-4-11)15(20)7-8-19-14-6-5-12(17)9-13(14)18/h1-9,19H. The van der Waals surface area contributed by atoms with Crippen molar-refractivity contribution in [1.29, 1.82) is 0 Å². The van der Waals surface area contributed by atoms with E-state index < -0.39 is 11.6 Å². The lowest BCUT2D eigenvalue weighted by Crippen LogP contribution is -1.97. The van der Waals surface area contributed by atoms with Crippen LogP contribution in [0.2, 0.25) is 5.02 Å². The SMILES string of the molecule is O=C(C=CNc1ccc(F)cc1F)c1ccc(Cl)cc1. The minimum Gasteiger partial charge on any atom is -0.359 e. The van der Waals surface area contributed by atoms with Gasteiger partial charge in [-0.15, -0.1) is 0 Å². The van der Waals surface area contributed by atoms with Crippen molar-refractivity contribution < 1.29 is 13.6 Å². The first-order chi connectivity index (χ1) is 9.56. The summed E-state index contributed by atoms with van der Waals surface area (Å²) in [4.78, 5) is 11.8. The van der Waals surface area contributed by atoms with E-state index in [-0.39, 0.29) is 11.5 Å². The maximum absolute atomic E-state index is 13.3. The number of rotatable bonds is 4. The summed E-state index contributed by atoms with van der Waals surface area (Å²) in [5.74, 6) is -1.64. The Balaban J connectivity index is 2.02. The number of hydrogen-bond donors (Lipinski definition) is 1. The van der Waals surface area contributed by atoms with Crippen molar-refractivity contribution >= 4 is 23.1 Å². The van der Waals surface area contributed by atoms with Gasteiger partial charge in [-0.1, -0.05) is 11.6 Å². The second kappa shape index (κ2) is 6.30. The molecule has 0 fully saturated rings. The van der Waals surface area contributed by atoms with Gasteiger partial charge in [0.05, 0.1) is 5.69 Å². The van der Waals surface area contributed by atoms with Crippen LogP contribution in [0, 0.1) is 11.6 Å². The quantitative estimate of drug-likeness (QED) is 0.667. The summed E-state index contributed by atoms with van der Waals surface area (Å²) >= 11 is 5.72. The third-order valence-corrected chi connectivity index (χ3v) is 2.79. The second-order valence-corrected chi connectivity index (χ2v) is 4.41. The Labute approximate surface area is 119 Å². The number of anilines is 1. The average molecular weight is 294 g/mol. The minimum atomic E-state index is -0.728. The van der Waals surface area contributed by atoms with Crippen molar-refractivity contribution in [3.05, 3.63) is 77.0 Å². The summed E-state index contributed by atoms with van der Waals surface area (Å²) in [6.07, 6.45) is 2.55. The van der Waals surface area contributed by atoms with E-state index in [0.29, 0.717) is 10.6 Å². The number of ketones is 1. The highest BCUT2D eigenvalue weighted by Crippen LogP contribution is 2.15. The van der Waals surface area contributed by atoms with E-state index in [0.717, 1.165) is 12.1 Å². The van der Waals surface area contributed by atoms with Gasteiger partial charge in [-0.25, -0.2) is 8.78 Å². The zero-order valence-corrected chi connectivity index (χ0v) is 11.0. The second-order valence-electron chi connectivity index (χ2n) is 3.97. The van der Waals surface area contributed by atoms with E-state index in [1.165, 1.54) is 18.3 Å². The van der Waals surface area contributed by atoms with Crippen LogP contribution in [0.5, 0.6) is 0 Å². The minimum absolute atomic E-state index is 0.0894. The van der Waals surface area contributed by atoms with Gasteiger partial charge in [-0.2, -0.15) is 0 Å². The van der Waals surface area contributed by atoms with Gasteiger partial charge >= 0.3 is 0 Å². The molecule has 20 heavy (non-hydrogen) atoms. The maximum Gasteiger partial charge on any atom is 0.187 e. The molecule has 102 valence electrons. The van der Waals surface area contributed by atoms with E-state index in [9.17, 15) is 13.6 Å². The van der Waals surface area contributed by atoms with Crippen LogP contribution in [0.25, 0.3) is 0 Å². The summed E-state index contributed by atoms with van der Waals surface area (Å²) in [6.45, 7) is 0. The zero-order valence-electron chi connectivity index (χ0n) is 10.2. The zero-order chi connectivity index (χ0) is 14.5. The Morgan fingerprint density at radius 2 is 1.80 bits per heavy atom. The first-order valence-corrected chi connectivity index (χ1v) is 6.12. The van der Waals surface area contributed by atoms with E-state index in [1.807, 2.05) is 0 Å². The summed E-state index contributed by atoms with van der Waals surface area (Å²) in [6, 6.07) is 9.53. The van der Waals surface area contributed by atoms with E-state index >= 15 is 0 Å². The molecule has 5 heteroatoms. The number of hydrogen-bond acceptors (Lipinski definition) is 2. The van der Waals surface area contributed by atoms with Crippen molar-refractivity contribution in [1.82, 2.24) is 0 Å². The molecule has 0 aliphatic carbocycles. The predicted octanol–water partition coefficient (Wildman–Crippen LogP) is 4.43. The Morgan fingerprint density at radius 3 is 2.45 bits per heavy atom. The number of carbonyl (C=O) groups is 1. The van der Waals surface area contributed by atoms with Gasteiger partial charge in [0.15, 0.2) is 5.78 Å². The molecule has 2 aromatic rings. The number of benzene rings is 2. The average Bonchev–Trinajstić information content (AvgIpc) is 2.42. The van der Waals surface area contributed by atoms with Gasteiger partial charge in [0.2, 0.25) is 0 Å². The molecule has 0 atom stereocenters. The molecule has 1 N–H and O–H groups in total. The molecular weight excluding hydrogens is 284 g/mol. The lowest BCUT2D eigenvalue weighted by atomic mass is 10.1. The lowest BCUT2D eigenvalue weighted by molar-refractivity contribution is 0.104. The third kappa shape index (κ3) is 3.65. The summed E-state index contributed by atoms with van der Waals surface area (Å²) < 4.78 is 26.0. The Bertz CT molecular complexity index is 653. The molecule has 0 unspecified atom stereocenters. The van der Waals surface area contributed by atoms with Crippen LogP contribution >= 0.6 is 11.6 Å². The van der Waals surface area contributed by atoms with Gasteiger partial charge in [-0.3, -0.25) is 4.79 Å². The first-order valence-electron chi connectivity index (χ1n) is 5.74. The highest BCUT2D eigenvalue weighted by molar-refractivity contribution is 6.30.